The first-order valence-corrected chi connectivity index (χ1v) is 4.77. The molecule has 0 amide bonds. The molecule has 0 fully saturated rings. The van der Waals surface area contributed by atoms with Crippen molar-refractivity contribution in [1.29, 1.82) is 0 Å². The van der Waals surface area contributed by atoms with Crippen molar-refractivity contribution in [2.24, 2.45) is 0 Å². The van der Waals surface area contributed by atoms with E-state index < -0.39 is 0 Å². The van der Waals surface area contributed by atoms with Gasteiger partial charge in [0.15, 0.2) is 5.16 Å². The summed E-state index contributed by atoms with van der Waals surface area (Å²) in [5.74, 6) is 0. The standard InChI is InChI=1S/C7H11N3OS/c1-8-3-5-4-9-7(12-2)10-6(5)11/h4,8H,3H2,1-2H3,(H,9,10,11). The maximum absolute atomic E-state index is 11.2. The first-order chi connectivity index (χ1) is 5.77. The van der Waals surface area contributed by atoms with Gasteiger partial charge in [-0.3, -0.25) is 4.79 Å². The number of aromatic amines is 1. The Balaban J connectivity index is 2.96. The van der Waals surface area contributed by atoms with Crippen molar-refractivity contribution in [3.8, 4) is 0 Å². The van der Waals surface area contributed by atoms with Crippen LogP contribution in [0.5, 0.6) is 0 Å². The molecule has 0 aliphatic rings. The lowest BCUT2D eigenvalue weighted by atomic mass is 10.3. The van der Waals surface area contributed by atoms with Crippen LogP contribution >= 0.6 is 11.8 Å². The predicted molar refractivity (Wildman–Crippen MR) is 49.4 cm³/mol. The molecule has 0 saturated carbocycles. The average molecular weight is 185 g/mol. The maximum atomic E-state index is 11.2. The topological polar surface area (TPSA) is 57.8 Å². The molecule has 0 aliphatic heterocycles. The van der Waals surface area contributed by atoms with E-state index in [0.717, 1.165) is 0 Å². The smallest absolute Gasteiger partial charge is 0.256 e. The van der Waals surface area contributed by atoms with Gasteiger partial charge in [0.2, 0.25) is 0 Å². The number of nitrogens with zero attached hydrogens (tertiary/aromatic N) is 1. The first-order valence-electron chi connectivity index (χ1n) is 3.54. The van der Waals surface area contributed by atoms with Crippen LogP contribution in [0.4, 0.5) is 0 Å². The summed E-state index contributed by atoms with van der Waals surface area (Å²) in [7, 11) is 1.79. The summed E-state index contributed by atoms with van der Waals surface area (Å²) < 4.78 is 0. The normalized spacial score (nSPS) is 10.2. The lowest BCUT2D eigenvalue weighted by Gasteiger charge is -1.98. The quantitative estimate of drug-likeness (QED) is 0.522. The van der Waals surface area contributed by atoms with Crippen LogP contribution in [0.2, 0.25) is 0 Å². The van der Waals surface area contributed by atoms with Crippen molar-refractivity contribution >= 4 is 11.8 Å². The summed E-state index contributed by atoms with van der Waals surface area (Å²) in [4.78, 5) is 18.0. The van der Waals surface area contributed by atoms with Crippen LogP contribution in [0.3, 0.4) is 0 Å². The number of nitrogens with one attached hydrogen (secondary N) is 2. The van der Waals surface area contributed by atoms with E-state index in [1.54, 1.807) is 13.2 Å². The van der Waals surface area contributed by atoms with Crippen LogP contribution in [0, 0.1) is 0 Å². The van der Waals surface area contributed by atoms with Gasteiger partial charge in [-0.15, -0.1) is 0 Å². The summed E-state index contributed by atoms with van der Waals surface area (Å²) in [6, 6.07) is 0. The minimum Gasteiger partial charge on any atom is -0.315 e. The van der Waals surface area contributed by atoms with E-state index in [-0.39, 0.29) is 5.56 Å². The Bertz CT molecular complexity index is 310. The molecule has 1 aromatic rings. The van der Waals surface area contributed by atoms with Crippen LogP contribution in [0.1, 0.15) is 5.56 Å². The van der Waals surface area contributed by atoms with Gasteiger partial charge in [0, 0.05) is 18.3 Å². The minimum atomic E-state index is -0.0660. The van der Waals surface area contributed by atoms with Crippen molar-refractivity contribution in [3.05, 3.63) is 22.1 Å². The van der Waals surface area contributed by atoms with Crippen molar-refractivity contribution < 1.29 is 0 Å². The lowest BCUT2D eigenvalue weighted by Crippen LogP contribution is -2.19. The molecule has 0 bridgehead atoms. The highest BCUT2D eigenvalue weighted by atomic mass is 32.2. The summed E-state index contributed by atoms with van der Waals surface area (Å²) in [6.45, 7) is 0.553. The van der Waals surface area contributed by atoms with Gasteiger partial charge in [0.05, 0.1) is 0 Å². The number of rotatable bonds is 3. The highest BCUT2D eigenvalue weighted by Gasteiger charge is 1.99. The number of aromatic nitrogens is 2. The van der Waals surface area contributed by atoms with E-state index in [2.05, 4.69) is 15.3 Å². The molecule has 1 rings (SSSR count). The van der Waals surface area contributed by atoms with E-state index >= 15 is 0 Å². The molecular formula is C7H11N3OS. The van der Waals surface area contributed by atoms with Gasteiger partial charge in [0.1, 0.15) is 0 Å². The third-order valence-electron chi connectivity index (χ3n) is 1.41. The van der Waals surface area contributed by atoms with Crippen LogP contribution in [-0.4, -0.2) is 23.3 Å². The van der Waals surface area contributed by atoms with E-state index in [0.29, 0.717) is 17.3 Å². The third kappa shape index (κ3) is 2.09. The number of H-pyrrole nitrogens is 1. The third-order valence-corrected chi connectivity index (χ3v) is 2.00. The summed E-state index contributed by atoms with van der Waals surface area (Å²) >= 11 is 1.42. The zero-order valence-electron chi connectivity index (χ0n) is 7.05. The van der Waals surface area contributed by atoms with Crippen molar-refractivity contribution in [2.45, 2.75) is 11.7 Å². The molecule has 4 nitrogen and oxygen atoms in total. The molecule has 0 spiro atoms. The SMILES string of the molecule is CNCc1cnc(SC)[nH]c1=O. The van der Waals surface area contributed by atoms with Crippen molar-refractivity contribution in [1.82, 2.24) is 15.3 Å². The predicted octanol–water partition coefficient (Wildman–Crippen LogP) is 0.211. The minimum absolute atomic E-state index is 0.0660. The largest absolute Gasteiger partial charge is 0.315 e. The molecule has 0 aliphatic carbocycles. The van der Waals surface area contributed by atoms with Crippen LogP contribution in [-0.2, 0) is 6.54 Å². The monoisotopic (exact) mass is 185 g/mol. The molecule has 12 heavy (non-hydrogen) atoms. The molecule has 66 valence electrons. The highest BCUT2D eigenvalue weighted by molar-refractivity contribution is 7.98. The van der Waals surface area contributed by atoms with Crippen LogP contribution < -0.4 is 10.9 Å². The van der Waals surface area contributed by atoms with Gasteiger partial charge < -0.3 is 10.3 Å². The van der Waals surface area contributed by atoms with Crippen LogP contribution in [0.15, 0.2) is 16.1 Å². The Morgan fingerprint density at radius 2 is 2.50 bits per heavy atom. The molecule has 0 atom stereocenters. The molecule has 0 aromatic carbocycles. The average Bonchev–Trinajstić information content (AvgIpc) is 2.09. The fraction of sp³-hybridized carbons (Fsp3) is 0.429. The number of hydrogen-bond acceptors (Lipinski definition) is 4. The first kappa shape index (κ1) is 9.28. The Hall–Kier alpha value is -0.810. The van der Waals surface area contributed by atoms with Gasteiger partial charge >= 0.3 is 0 Å². The van der Waals surface area contributed by atoms with E-state index in [9.17, 15) is 4.79 Å². The fourth-order valence-corrected chi connectivity index (χ4v) is 1.18. The summed E-state index contributed by atoms with van der Waals surface area (Å²) in [5, 5.41) is 3.55. The molecule has 5 heteroatoms. The molecule has 1 heterocycles. The maximum Gasteiger partial charge on any atom is 0.256 e. The number of thioether (sulfide) groups is 1. The van der Waals surface area contributed by atoms with Crippen molar-refractivity contribution in [2.75, 3.05) is 13.3 Å². The van der Waals surface area contributed by atoms with E-state index in [1.165, 1.54) is 11.8 Å². The molecule has 2 N–H and O–H groups in total. The van der Waals surface area contributed by atoms with Gasteiger partial charge in [-0.2, -0.15) is 0 Å². The van der Waals surface area contributed by atoms with Gasteiger partial charge in [-0.25, -0.2) is 4.98 Å². The van der Waals surface area contributed by atoms with Gasteiger partial charge in [0.25, 0.3) is 5.56 Å². The molecular weight excluding hydrogens is 174 g/mol. The second-order valence-corrected chi connectivity index (χ2v) is 3.07. The van der Waals surface area contributed by atoms with Gasteiger partial charge in [-0.1, -0.05) is 11.8 Å². The Kier molecular flexibility index (Phi) is 3.31. The summed E-state index contributed by atoms with van der Waals surface area (Å²) in [5.41, 5.74) is 0.596. The number of hydrogen-bond donors (Lipinski definition) is 2. The zero-order valence-corrected chi connectivity index (χ0v) is 7.86. The Morgan fingerprint density at radius 3 is 3.00 bits per heavy atom. The second kappa shape index (κ2) is 4.27. The van der Waals surface area contributed by atoms with Crippen molar-refractivity contribution in [3.63, 3.8) is 0 Å². The van der Waals surface area contributed by atoms with Crippen LogP contribution in [0.25, 0.3) is 0 Å². The molecule has 0 unspecified atom stereocenters. The molecule has 1 aromatic heterocycles. The Labute approximate surface area is 74.8 Å². The molecule has 0 radical (unpaired) electrons. The second-order valence-electron chi connectivity index (χ2n) is 2.28. The highest BCUT2D eigenvalue weighted by Crippen LogP contribution is 2.03. The van der Waals surface area contributed by atoms with E-state index in [1.807, 2.05) is 6.26 Å². The van der Waals surface area contributed by atoms with E-state index in [4.69, 9.17) is 0 Å². The van der Waals surface area contributed by atoms with Gasteiger partial charge in [-0.05, 0) is 13.3 Å². The lowest BCUT2D eigenvalue weighted by molar-refractivity contribution is 0.780. The fourth-order valence-electron chi connectivity index (χ4n) is 0.825. The molecule has 0 saturated heterocycles. The summed E-state index contributed by atoms with van der Waals surface area (Å²) in [6.07, 6.45) is 3.47. The Morgan fingerprint density at radius 1 is 1.75 bits per heavy atom. The zero-order chi connectivity index (χ0) is 8.97.